The lowest BCUT2D eigenvalue weighted by Gasteiger charge is -2.21. The summed E-state index contributed by atoms with van der Waals surface area (Å²) in [5.41, 5.74) is 2.68. The average molecular weight is 382 g/mol. The lowest BCUT2D eigenvalue weighted by Crippen LogP contribution is -2.35. The molecule has 9 nitrogen and oxygen atoms in total. The lowest BCUT2D eigenvalue weighted by molar-refractivity contribution is 0.245. The maximum Gasteiger partial charge on any atom is 0.319 e. The highest BCUT2D eigenvalue weighted by Gasteiger charge is 2.21. The summed E-state index contributed by atoms with van der Waals surface area (Å²) in [4.78, 5) is 17.1. The largest absolute Gasteiger partial charge is 0.328 e. The summed E-state index contributed by atoms with van der Waals surface area (Å²) in [6.45, 7) is 6.28. The molecule has 0 radical (unpaired) electrons. The number of hydrogen-bond acceptors (Lipinski definition) is 5. The molecule has 0 spiro atoms. The third-order valence-electron chi connectivity index (χ3n) is 4.51. The molecule has 0 fully saturated rings. The number of nitrogens with one attached hydrogen (secondary N) is 2. The van der Waals surface area contributed by atoms with Crippen molar-refractivity contribution < 1.29 is 4.79 Å². The molecule has 2 amide bonds. The van der Waals surface area contributed by atoms with Crippen LogP contribution in [0.1, 0.15) is 44.6 Å². The van der Waals surface area contributed by atoms with E-state index in [2.05, 4.69) is 51.7 Å². The van der Waals surface area contributed by atoms with Crippen molar-refractivity contribution in [3.05, 3.63) is 48.6 Å². The fourth-order valence-corrected chi connectivity index (χ4v) is 3.12. The van der Waals surface area contributed by atoms with E-state index in [0.29, 0.717) is 5.92 Å². The molecule has 2 N–H and O–H groups in total. The topological polar surface area (TPSA) is 103 Å². The van der Waals surface area contributed by atoms with Crippen LogP contribution >= 0.6 is 0 Å². The fraction of sp³-hybridized carbons (Fsp3) is 0.421. The molecule has 3 aromatic rings. The van der Waals surface area contributed by atoms with Crippen LogP contribution in [-0.4, -0.2) is 35.6 Å². The molecule has 0 aliphatic carbocycles. The van der Waals surface area contributed by atoms with Crippen molar-refractivity contribution in [2.45, 2.75) is 39.7 Å². The van der Waals surface area contributed by atoms with Gasteiger partial charge in [0, 0.05) is 12.7 Å². The Morgan fingerprint density at radius 1 is 1.21 bits per heavy atom. The molecule has 2 heterocycles. The molecule has 0 unspecified atom stereocenters. The molecule has 3 rings (SSSR count). The van der Waals surface area contributed by atoms with Crippen molar-refractivity contribution in [2.24, 2.45) is 13.0 Å². The van der Waals surface area contributed by atoms with E-state index in [4.69, 9.17) is 0 Å². The number of rotatable bonds is 7. The van der Waals surface area contributed by atoms with E-state index in [1.165, 1.54) is 6.33 Å². The monoisotopic (exact) mass is 382 g/mol. The van der Waals surface area contributed by atoms with E-state index in [1.807, 2.05) is 25.2 Å². The minimum absolute atomic E-state index is 0.224. The van der Waals surface area contributed by atoms with E-state index in [0.717, 1.165) is 35.6 Å². The number of hydrogen-bond donors (Lipinski definition) is 2. The molecule has 0 aliphatic rings. The van der Waals surface area contributed by atoms with Gasteiger partial charge in [-0.1, -0.05) is 26.8 Å². The number of nitrogens with zero attached hydrogens (tertiary/aromatic N) is 6. The Kier molecular flexibility index (Phi) is 6.03. The number of benzene rings is 1. The predicted molar refractivity (Wildman–Crippen MR) is 106 cm³/mol. The second-order valence-corrected chi connectivity index (χ2v) is 7.09. The summed E-state index contributed by atoms with van der Waals surface area (Å²) in [6.07, 6.45) is 6.31. The Hall–Kier alpha value is -3.23. The van der Waals surface area contributed by atoms with Gasteiger partial charge in [0.25, 0.3) is 0 Å². The Morgan fingerprint density at radius 2 is 1.96 bits per heavy atom. The summed E-state index contributed by atoms with van der Waals surface area (Å²) in [5.74, 6) is 1.13. The molecule has 9 heteroatoms. The van der Waals surface area contributed by atoms with E-state index >= 15 is 0 Å². The number of aromatic nitrogens is 6. The predicted octanol–water partition coefficient (Wildman–Crippen LogP) is 2.87. The van der Waals surface area contributed by atoms with E-state index in [-0.39, 0.29) is 12.1 Å². The van der Waals surface area contributed by atoms with E-state index < -0.39 is 0 Å². The zero-order valence-corrected chi connectivity index (χ0v) is 16.6. The molecule has 1 aromatic carbocycles. The zero-order chi connectivity index (χ0) is 20.1. The van der Waals surface area contributed by atoms with Gasteiger partial charge in [-0.15, -0.1) is 10.2 Å². The van der Waals surface area contributed by atoms with Crippen LogP contribution in [0.4, 0.5) is 10.5 Å². The van der Waals surface area contributed by atoms with Crippen LogP contribution in [0.25, 0.3) is 5.69 Å². The van der Waals surface area contributed by atoms with Crippen LogP contribution in [0.2, 0.25) is 0 Å². The number of carbonyl (C=O) groups is 1. The highest BCUT2D eigenvalue weighted by molar-refractivity contribution is 5.90. The Labute approximate surface area is 164 Å². The molecule has 28 heavy (non-hydrogen) atoms. The first-order valence-electron chi connectivity index (χ1n) is 9.37. The second kappa shape index (κ2) is 8.64. The highest BCUT2D eigenvalue weighted by Crippen LogP contribution is 2.22. The molecule has 0 saturated carbocycles. The molecular weight excluding hydrogens is 356 g/mol. The first kappa shape index (κ1) is 19.5. The van der Waals surface area contributed by atoms with Crippen molar-refractivity contribution >= 4 is 11.7 Å². The van der Waals surface area contributed by atoms with Crippen LogP contribution in [0, 0.1) is 5.92 Å². The molecule has 0 aliphatic heterocycles. The summed E-state index contributed by atoms with van der Waals surface area (Å²) in [6, 6.07) is 5.40. The summed E-state index contributed by atoms with van der Waals surface area (Å²) in [5, 5.41) is 17.8. The molecule has 148 valence electrons. The summed E-state index contributed by atoms with van der Waals surface area (Å²) >= 11 is 0. The van der Waals surface area contributed by atoms with Crippen molar-refractivity contribution in [1.29, 1.82) is 0 Å². The number of anilines is 1. The van der Waals surface area contributed by atoms with Crippen LogP contribution < -0.4 is 10.6 Å². The molecular formula is C19H26N8O. The standard InChI is InChI=1S/C19H26N8O/c1-5-14-6-7-15(27-11-21-22-12-27)9-16(14)24-19(28)25-17(8-13(2)3)18-20-10-23-26(18)4/h6-7,9-13,17H,5,8H2,1-4H3,(H2,24,25,28)/t17-/m0/s1. The fourth-order valence-electron chi connectivity index (χ4n) is 3.12. The molecule has 0 saturated heterocycles. The van der Waals surface area contributed by atoms with Crippen molar-refractivity contribution in [3.8, 4) is 5.69 Å². The lowest BCUT2D eigenvalue weighted by atomic mass is 10.0. The Bertz CT molecular complexity index is 916. The van der Waals surface area contributed by atoms with Gasteiger partial charge in [0.05, 0.1) is 11.7 Å². The number of urea groups is 1. The number of aryl methyl sites for hydroxylation is 2. The van der Waals surface area contributed by atoms with Crippen molar-refractivity contribution in [3.63, 3.8) is 0 Å². The molecule has 2 aromatic heterocycles. The van der Waals surface area contributed by atoms with Gasteiger partial charge in [-0.25, -0.2) is 9.78 Å². The SMILES string of the molecule is CCc1ccc(-n2cnnc2)cc1NC(=O)N[C@@H](CC(C)C)c1ncnn1C. The summed E-state index contributed by atoms with van der Waals surface area (Å²) in [7, 11) is 1.83. The van der Waals surface area contributed by atoms with Gasteiger partial charge in [0.1, 0.15) is 24.8 Å². The van der Waals surface area contributed by atoms with Gasteiger partial charge in [-0.3, -0.25) is 9.25 Å². The normalized spacial score (nSPS) is 12.2. The van der Waals surface area contributed by atoms with E-state index in [9.17, 15) is 4.79 Å². The minimum Gasteiger partial charge on any atom is -0.328 e. The maximum atomic E-state index is 12.8. The van der Waals surface area contributed by atoms with Crippen LogP contribution in [0.3, 0.4) is 0 Å². The minimum atomic E-state index is -0.274. The van der Waals surface area contributed by atoms with Gasteiger partial charge in [-0.05, 0) is 36.5 Å². The third kappa shape index (κ3) is 4.54. The molecule has 0 bridgehead atoms. The van der Waals surface area contributed by atoms with Crippen LogP contribution in [0.15, 0.2) is 37.2 Å². The Morgan fingerprint density at radius 3 is 2.57 bits per heavy atom. The first-order valence-corrected chi connectivity index (χ1v) is 9.37. The maximum absolute atomic E-state index is 12.8. The summed E-state index contributed by atoms with van der Waals surface area (Å²) < 4.78 is 3.49. The second-order valence-electron chi connectivity index (χ2n) is 7.09. The first-order chi connectivity index (χ1) is 13.5. The van der Waals surface area contributed by atoms with Crippen LogP contribution in [-0.2, 0) is 13.5 Å². The smallest absolute Gasteiger partial charge is 0.319 e. The quantitative estimate of drug-likeness (QED) is 0.654. The zero-order valence-electron chi connectivity index (χ0n) is 16.6. The van der Waals surface area contributed by atoms with Gasteiger partial charge in [0.15, 0.2) is 0 Å². The van der Waals surface area contributed by atoms with Gasteiger partial charge >= 0.3 is 6.03 Å². The van der Waals surface area contributed by atoms with Gasteiger partial charge < -0.3 is 10.6 Å². The molecule has 1 atom stereocenters. The van der Waals surface area contributed by atoms with Gasteiger partial charge in [0.2, 0.25) is 0 Å². The number of carbonyl (C=O) groups excluding carboxylic acids is 1. The van der Waals surface area contributed by atoms with E-state index in [1.54, 1.807) is 21.9 Å². The Balaban J connectivity index is 1.79. The highest BCUT2D eigenvalue weighted by atomic mass is 16.2. The third-order valence-corrected chi connectivity index (χ3v) is 4.51. The van der Waals surface area contributed by atoms with Crippen molar-refractivity contribution in [1.82, 2.24) is 34.8 Å². The van der Waals surface area contributed by atoms with Gasteiger partial charge in [-0.2, -0.15) is 5.10 Å². The van der Waals surface area contributed by atoms with Crippen molar-refractivity contribution in [2.75, 3.05) is 5.32 Å². The number of amides is 2. The average Bonchev–Trinajstić information content (AvgIpc) is 3.32. The van der Waals surface area contributed by atoms with Crippen LogP contribution in [0.5, 0.6) is 0 Å².